The van der Waals surface area contributed by atoms with Crippen LogP contribution in [0.5, 0.6) is 0 Å². The van der Waals surface area contributed by atoms with Gasteiger partial charge in [0.1, 0.15) is 0 Å². The van der Waals surface area contributed by atoms with Crippen molar-refractivity contribution in [2.45, 2.75) is 31.1 Å². The van der Waals surface area contributed by atoms with Gasteiger partial charge in [-0.05, 0) is 56.5 Å². The fourth-order valence-corrected chi connectivity index (χ4v) is 3.00. The maximum atomic E-state index is 11.7. The van der Waals surface area contributed by atoms with Crippen LogP contribution in [0, 0.1) is 5.92 Å². The van der Waals surface area contributed by atoms with Gasteiger partial charge in [0.25, 0.3) is 0 Å². The van der Waals surface area contributed by atoms with E-state index in [9.17, 15) is 4.79 Å². The van der Waals surface area contributed by atoms with Gasteiger partial charge in [-0.25, -0.2) is 0 Å². The van der Waals surface area contributed by atoms with Gasteiger partial charge in [0.15, 0.2) is 0 Å². The van der Waals surface area contributed by atoms with Crippen LogP contribution in [-0.4, -0.2) is 30.4 Å². The predicted octanol–water partition coefficient (Wildman–Crippen LogP) is 3.41. The number of rotatable bonds is 5. The fourth-order valence-electron chi connectivity index (χ4n) is 2.66. The summed E-state index contributed by atoms with van der Waals surface area (Å²) in [5.41, 5.74) is 2.00. The average Bonchev–Trinajstić information content (AvgIpc) is 3.19. The molecule has 2 aliphatic rings. The van der Waals surface area contributed by atoms with E-state index in [2.05, 4.69) is 10.2 Å². The van der Waals surface area contributed by atoms with Crippen molar-refractivity contribution in [3.8, 4) is 0 Å². The second kappa shape index (κ2) is 6.15. The molecule has 4 heteroatoms. The van der Waals surface area contributed by atoms with Gasteiger partial charge in [-0.1, -0.05) is 12.1 Å². The summed E-state index contributed by atoms with van der Waals surface area (Å²) < 4.78 is 0. The fraction of sp³-hybridized carbons (Fsp3) is 0.562. The van der Waals surface area contributed by atoms with Gasteiger partial charge in [-0.2, -0.15) is 0 Å². The standard InChI is InChI=1S/C16H21ClN2O/c17-15(11-19-9-1-2-10-19)12-5-7-14(8-6-12)18-16(20)13-3-4-13/h5-8,13,15H,1-4,9-11H2,(H,18,20). The molecule has 2 fully saturated rings. The molecule has 1 aliphatic carbocycles. The van der Waals surface area contributed by atoms with E-state index in [1.807, 2.05) is 24.3 Å². The third-order valence-electron chi connectivity index (χ3n) is 4.11. The van der Waals surface area contributed by atoms with Crippen molar-refractivity contribution in [3.63, 3.8) is 0 Å². The van der Waals surface area contributed by atoms with Gasteiger partial charge in [0.05, 0.1) is 5.38 Å². The highest BCUT2D eigenvalue weighted by Gasteiger charge is 2.29. The lowest BCUT2D eigenvalue weighted by molar-refractivity contribution is -0.117. The molecular weight excluding hydrogens is 272 g/mol. The lowest BCUT2D eigenvalue weighted by Crippen LogP contribution is -2.23. The number of hydrogen-bond donors (Lipinski definition) is 1. The average molecular weight is 293 g/mol. The molecule has 0 radical (unpaired) electrons. The molecule has 1 amide bonds. The number of amides is 1. The number of benzene rings is 1. The zero-order chi connectivity index (χ0) is 13.9. The monoisotopic (exact) mass is 292 g/mol. The molecule has 0 spiro atoms. The number of carbonyl (C=O) groups is 1. The first-order chi connectivity index (χ1) is 9.72. The van der Waals surface area contributed by atoms with E-state index in [0.29, 0.717) is 0 Å². The van der Waals surface area contributed by atoms with Crippen molar-refractivity contribution in [3.05, 3.63) is 29.8 Å². The van der Waals surface area contributed by atoms with E-state index in [4.69, 9.17) is 11.6 Å². The SMILES string of the molecule is O=C(Nc1ccc(C(Cl)CN2CCCC2)cc1)C1CC1. The smallest absolute Gasteiger partial charge is 0.227 e. The van der Waals surface area contributed by atoms with Crippen LogP contribution >= 0.6 is 11.6 Å². The Kier molecular flexibility index (Phi) is 4.27. The summed E-state index contributed by atoms with van der Waals surface area (Å²) in [6, 6.07) is 7.95. The van der Waals surface area contributed by atoms with Gasteiger partial charge in [0.2, 0.25) is 5.91 Å². The molecule has 3 nitrogen and oxygen atoms in total. The number of halogens is 1. The van der Waals surface area contributed by atoms with E-state index in [-0.39, 0.29) is 17.2 Å². The summed E-state index contributed by atoms with van der Waals surface area (Å²) >= 11 is 6.48. The number of anilines is 1. The summed E-state index contributed by atoms with van der Waals surface area (Å²) in [4.78, 5) is 14.1. The number of nitrogens with zero attached hydrogens (tertiary/aromatic N) is 1. The lowest BCUT2D eigenvalue weighted by Gasteiger charge is -2.19. The van der Waals surface area contributed by atoms with Gasteiger partial charge in [-0.15, -0.1) is 11.6 Å². The molecule has 20 heavy (non-hydrogen) atoms. The predicted molar refractivity (Wildman–Crippen MR) is 82.1 cm³/mol. The summed E-state index contributed by atoms with van der Waals surface area (Å²) in [7, 11) is 0. The molecule has 1 saturated carbocycles. The first-order valence-electron chi connectivity index (χ1n) is 7.49. The van der Waals surface area contributed by atoms with Crippen LogP contribution in [0.1, 0.15) is 36.6 Å². The zero-order valence-corrected chi connectivity index (χ0v) is 12.4. The Bertz CT molecular complexity index is 464. The molecule has 1 atom stereocenters. The molecule has 1 heterocycles. The van der Waals surface area contributed by atoms with Crippen molar-refractivity contribution < 1.29 is 4.79 Å². The number of alkyl halides is 1. The molecule has 1 aliphatic heterocycles. The van der Waals surface area contributed by atoms with Crippen LogP contribution in [0.4, 0.5) is 5.69 Å². The van der Waals surface area contributed by atoms with Crippen LogP contribution in [0.2, 0.25) is 0 Å². The van der Waals surface area contributed by atoms with Gasteiger partial charge in [-0.3, -0.25) is 4.79 Å². The maximum absolute atomic E-state index is 11.7. The van der Waals surface area contributed by atoms with Crippen molar-refractivity contribution >= 4 is 23.2 Å². The zero-order valence-electron chi connectivity index (χ0n) is 11.6. The number of likely N-dealkylation sites (tertiary alicyclic amines) is 1. The van der Waals surface area contributed by atoms with Gasteiger partial charge < -0.3 is 10.2 Å². The third kappa shape index (κ3) is 3.53. The van der Waals surface area contributed by atoms with E-state index in [1.54, 1.807) is 0 Å². The third-order valence-corrected chi connectivity index (χ3v) is 4.50. The maximum Gasteiger partial charge on any atom is 0.227 e. The van der Waals surface area contributed by atoms with Crippen LogP contribution < -0.4 is 5.32 Å². The quantitative estimate of drug-likeness (QED) is 0.844. The van der Waals surface area contributed by atoms with E-state index < -0.39 is 0 Å². The molecule has 1 unspecified atom stereocenters. The number of carbonyl (C=O) groups excluding carboxylic acids is 1. The van der Waals surface area contributed by atoms with Crippen molar-refractivity contribution in [1.82, 2.24) is 4.90 Å². The normalized spacial score (nSPS) is 20.9. The van der Waals surface area contributed by atoms with Crippen molar-refractivity contribution in [2.24, 2.45) is 5.92 Å². The second-order valence-corrected chi connectivity index (χ2v) is 6.39. The Labute approximate surface area is 125 Å². The second-order valence-electron chi connectivity index (χ2n) is 5.86. The van der Waals surface area contributed by atoms with Crippen LogP contribution in [0.15, 0.2) is 24.3 Å². The topological polar surface area (TPSA) is 32.3 Å². The van der Waals surface area contributed by atoms with Gasteiger partial charge in [0, 0.05) is 18.2 Å². The highest BCUT2D eigenvalue weighted by atomic mass is 35.5. The summed E-state index contributed by atoms with van der Waals surface area (Å²) in [5.74, 6) is 0.392. The number of hydrogen-bond acceptors (Lipinski definition) is 2. The Morgan fingerprint density at radius 1 is 1.25 bits per heavy atom. The van der Waals surface area contributed by atoms with Crippen LogP contribution in [0.25, 0.3) is 0 Å². The molecular formula is C16H21ClN2O. The molecule has 0 bridgehead atoms. The largest absolute Gasteiger partial charge is 0.326 e. The molecule has 1 saturated heterocycles. The highest BCUT2D eigenvalue weighted by molar-refractivity contribution is 6.21. The molecule has 108 valence electrons. The summed E-state index contributed by atoms with van der Waals surface area (Å²) in [6.07, 6.45) is 4.64. The molecule has 1 aromatic carbocycles. The minimum Gasteiger partial charge on any atom is -0.326 e. The summed E-state index contributed by atoms with van der Waals surface area (Å²) in [5, 5.41) is 2.98. The Morgan fingerprint density at radius 3 is 2.50 bits per heavy atom. The number of nitrogens with one attached hydrogen (secondary N) is 1. The Balaban J connectivity index is 1.55. The Morgan fingerprint density at radius 2 is 1.90 bits per heavy atom. The van der Waals surface area contributed by atoms with Gasteiger partial charge >= 0.3 is 0 Å². The van der Waals surface area contributed by atoms with E-state index >= 15 is 0 Å². The first kappa shape index (κ1) is 13.9. The van der Waals surface area contributed by atoms with E-state index in [1.165, 1.54) is 25.9 Å². The van der Waals surface area contributed by atoms with Crippen molar-refractivity contribution in [2.75, 3.05) is 25.0 Å². The van der Waals surface area contributed by atoms with Crippen LogP contribution in [0.3, 0.4) is 0 Å². The van der Waals surface area contributed by atoms with Crippen molar-refractivity contribution in [1.29, 1.82) is 0 Å². The lowest BCUT2D eigenvalue weighted by atomic mass is 10.1. The molecule has 0 aromatic heterocycles. The molecule has 1 aromatic rings. The first-order valence-corrected chi connectivity index (χ1v) is 7.93. The minimum absolute atomic E-state index is 0.0290. The molecule has 3 rings (SSSR count). The van der Waals surface area contributed by atoms with Crippen LogP contribution in [-0.2, 0) is 4.79 Å². The molecule has 1 N–H and O–H groups in total. The summed E-state index contributed by atoms with van der Waals surface area (Å²) in [6.45, 7) is 3.24. The Hall–Kier alpha value is -1.06. The highest BCUT2D eigenvalue weighted by Crippen LogP contribution is 2.30. The minimum atomic E-state index is 0.0290. The van der Waals surface area contributed by atoms with E-state index in [0.717, 1.165) is 30.6 Å².